The SMILES string of the molecule is CN=C(NCCOc1ccccc1Cl)N1CCN(c2ncccn2)CC1.I. The molecule has 3 rings (SSSR count). The molecule has 1 aromatic carbocycles. The number of aliphatic imine (C=N–C) groups is 1. The zero-order valence-corrected chi connectivity index (χ0v) is 18.3. The lowest BCUT2D eigenvalue weighted by molar-refractivity contribution is 0.315. The van der Waals surface area contributed by atoms with Crippen LogP contribution in [0.25, 0.3) is 0 Å². The molecule has 0 bridgehead atoms. The molecule has 0 radical (unpaired) electrons. The summed E-state index contributed by atoms with van der Waals surface area (Å²) >= 11 is 6.09. The van der Waals surface area contributed by atoms with E-state index in [2.05, 4.69) is 30.1 Å². The molecule has 1 fully saturated rings. The lowest BCUT2D eigenvalue weighted by Crippen LogP contribution is -2.53. The van der Waals surface area contributed by atoms with Crippen LogP contribution in [-0.4, -0.2) is 67.2 Å². The van der Waals surface area contributed by atoms with Gasteiger partial charge in [0, 0.05) is 45.6 Å². The third-order valence-electron chi connectivity index (χ3n) is 4.11. The second-order valence-electron chi connectivity index (χ2n) is 5.78. The van der Waals surface area contributed by atoms with E-state index in [0.29, 0.717) is 23.9 Å². The van der Waals surface area contributed by atoms with Crippen LogP contribution in [0.3, 0.4) is 0 Å². The summed E-state index contributed by atoms with van der Waals surface area (Å²) in [5.74, 6) is 2.35. The van der Waals surface area contributed by atoms with Crippen molar-refractivity contribution in [3.05, 3.63) is 47.7 Å². The molecule has 7 nitrogen and oxygen atoms in total. The number of para-hydroxylation sites is 1. The van der Waals surface area contributed by atoms with Crippen LogP contribution in [0, 0.1) is 0 Å². The number of piperazine rings is 1. The number of benzene rings is 1. The van der Waals surface area contributed by atoms with Gasteiger partial charge in [0.1, 0.15) is 12.4 Å². The Bertz CT molecular complexity index is 725. The monoisotopic (exact) mass is 502 g/mol. The number of aromatic nitrogens is 2. The van der Waals surface area contributed by atoms with Gasteiger partial charge in [0.15, 0.2) is 5.96 Å². The second kappa shape index (κ2) is 11.1. The number of halogens is 2. The molecule has 1 aromatic heterocycles. The van der Waals surface area contributed by atoms with E-state index in [4.69, 9.17) is 16.3 Å². The van der Waals surface area contributed by atoms with E-state index in [1.54, 1.807) is 19.4 Å². The van der Waals surface area contributed by atoms with Gasteiger partial charge in [-0.2, -0.15) is 0 Å². The predicted octanol–water partition coefficient (Wildman–Crippen LogP) is 2.52. The Balaban J connectivity index is 0.00000261. The maximum Gasteiger partial charge on any atom is 0.225 e. The van der Waals surface area contributed by atoms with Crippen LogP contribution >= 0.6 is 35.6 Å². The predicted molar refractivity (Wildman–Crippen MR) is 120 cm³/mol. The van der Waals surface area contributed by atoms with Crippen molar-refractivity contribution in [1.82, 2.24) is 20.2 Å². The number of ether oxygens (including phenoxy) is 1. The van der Waals surface area contributed by atoms with Crippen molar-refractivity contribution in [2.45, 2.75) is 0 Å². The number of nitrogens with one attached hydrogen (secondary N) is 1. The normalized spacial score (nSPS) is 14.5. The molecule has 0 saturated carbocycles. The molecule has 0 aliphatic carbocycles. The van der Waals surface area contributed by atoms with Gasteiger partial charge < -0.3 is 19.9 Å². The number of hydrogen-bond acceptors (Lipinski definition) is 5. The molecule has 2 heterocycles. The first-order chi connectivity index (χ1) is 12.8. The Morgan fingerprint density at radius 1 is 1.15 bits per heavy atom. The first-order valence-electron chi connectivity index (χ1n) is 8.63. The highest BCUT2D eigenvalue weighted by atomic mass is 127. The van der Waals surface area contributed by atoms with E-state index < -0.39 is 0 Å². The highest BCUT2D eigenvalue weighted by molar-refractivity contribution is 14.0. The fourth-order valence-electron chi connectivity index (χ4n) is 2.79. The minimum Gasteiger partial charge on any atom is -0.490 e. The summed E-state index contributed by atoms with van der Waals surface area (Å²) in [6.07, 6.45) is 3.54. The van der Waals surface area contributed by atoms with Gasteiger partial charge in [0.25, 0.3) is 0 Å². The van der Waals surface area contributed by atoms with Crippen LogP contribution in [0.4, 0.5) is 5.95 Å². The molecular formula is C18H24ClIN6O. The Labute approximate surface area is 181 Å². The van der Waals surface area contributed by atoms with E-state index in [-0.39, 0.29) is 24.0 Å². The summed E-state index contributed by atoms with van der Waals surface area (Å²) < 4.78 is 5.70. The van der Waals surface area contributed by atoms with E-state index in [1.165, 1.54) is 0 Å². The Hall–Kier alpha value is -1.81. The smallest absolute Gasteiger partial charge is 0.225 e. The number of nitrogens with zero attached hydrogens (tertiary/aromatic N) is 5. The molecule has 1 saturated heterocycles. The average Bonchev–Trinajstić information content (AvgIpc) is 2.70. The van der Waals surface area contributed by atoms with Crippen molar-refractivity contribution < 1.29 is 4.74 Å². The topological polar surface area (TPSA) is 65.9 Å². The molecule has 9 heteroatoms. The molecule has 0 unspecified atom stereocenters. The van der Waals surface area contributed by atoms with Gasteiger partial charge in [-0.25, -0.2) is 9.97 Å². The van der Waals surface area contributed by atoms with Gasteiger partial charge in [-0.05, 0) is 18.2 Å². The summed E-state index contributed by atoms with van der Waals surface area (Å²) in [4.78, 5) is 17.4. The molecular weight excluding hydrogens is 479 g/mol. The van der Waals surface area contributed by atoms with Crippen LogP contribution in [-0.2, 0) is 0 Å². The summed E-state index contributed by atoms with van der Waals surface area (Å²) in [5, 5.41) is 3.96. The molecule has 0 amide bonds. The fraction of sp³-hybridized carbons (Fsp3) is 0.389. The quantitative estimate of drug-likeness (QED) is 0.293. The van der Waals surface area contributed by atoms with E-state index >= 15 is 0 Å². The van der Waals surface area contributed by atoms with Crippen molar-refractivity contribution in [3.8, 4) is 5.75 Å². The van der Waals surface area contributed by atoms with Crippen molar-refractivity contribution in [3.63, 3.8) is 0 Å². The maximum absolute atomic E-state index is 6.09. The largest absolute Gasteiger partial charge is 0.490 e. The number of guanidine groups is 1. The maximum atomic E-state index is 6.09. The zero-order chi connectivity index (χ0) is 18.2. The van der Waals surface area contributed by atoms with Gasteiger partial charge in [-0.3, -0.25) is 4.99 Å². The van der Waals surface area contributed by atoms with Gasteiger partial charge in [-0.1, -0.05) is 23.7 Å². The Kier molecular flexibility index (Phi) is 8.86. The summed E-state index contributed by atoms with van der Waals surface area (Å²) in [6, 6.07) is 9.30. The summed E-state index contributed by atoms with van der Waals surface area (Å²) in [5.41, 5.74) is 0. The third-order valence-corrected chi connectivity index (χ3v) is 4.42. The number of rotatable bonds is 5. The average molecular weight is 503 g/mol. The summed E-state index contributed by atoms with van der Waals surface area (Å²) in [7, 11) is 1.80. The molecule has 1 N–H and O–H groups in total. The van der Waals surface area contributed by atoms with Crippen molar-refractivity contribution in [2.24, 2.45) is 4.99 Å². The van der Waals surface area contributed by atoms with Crippen LogP contribution in [0.15, 0.2) is 47.7 Å². The third kappa shape index (κ3) is 6.10. The van der Waals surface area contributed by atoms with Crippen LogP contribution in [0.2, 0.25) is 5.02 Å². The van der Waals surface area contributed by atoms with Gasteiger partial charge in [-0.15, -0.1) is 24.0 Å². The standard InChI is InChI=1S/C18H23ClN6O.HI/c1-20-17(23-9-14-26-16-6-3-2-5-15(16)19)24-10-12-25(13-11-24)18-21-7-4-8-22-18;/h2-8H,9-14H2,1H3,(H,20,23);1H. The zero-order valence-electron chi connectivity index (χ0n) is 15.2. The molecule has 0 atom stereocenters. The van der Waals surface area contributed by atoms with Gasteiger partial charge in [0.2, 0.25) is 5.95 Å². The van der Waals surface area contributed by atoms with Crippen LogP contribution < -0.4 is 15.0 Å². The number of hydrogen-bond donors (Lipinski definition) is 1. The highest BCUT2D eigenvalue weighted by Gasteiger charge is 2.20. The minimum absolute atomic E-state index is 0. The van der Waals surface area contributed by atoms with Crippen LogP contribution in [0.5, 0.6) is 5.75 Å². The van der Waals surface area contributed by atoms with E-state index in [0.717, 1.165) is 38.1 Å². The molecule has 0 spiro atoms. The molecule has 1 aliphatic heterocycles. The lowest BCUT2D eigenvalue weighted by atomic mass is 10.3. The van der Waals surface area contributed by atoms with E-state index in [9.17, 15) is 0 Å². The minimum atomic E-state index is 0. The Morgan fingerprint density at radius 2 is 1.85 bits per heavy atom. The molecule has 2 aromatic rings. The first-order valence-corrected chi connectivity index (χ1v) is 9.00. The highest BCUT2D eigenvalue weighted by Crippen LogP contribution is 2.22. The molecule has 27 heavy (non-hydrogen) atoms. The first kappa shape index (κ1) is 21.5. The Morgan fingerprint density at radius 3 is 2.52 bits per heavy atom. The second-order valence-corrected chi connectivity index (χ2v) is 6.18. The van der Waals surface area contributed by atoms with Crippen molar-refractivity contribution in [1.29, 1.82) is 0 Å². The molecule has 146 valence electrons. The lowest BCUT2D eigenvalue weighted by Gasteiger charge is -2.36. The van der Waals surface area contributed by atoms with Crippen molar-refractivity contribution in [2.75, 3.05) is 51.3 Å². The number of anilines is 1. The van der Waals surface area contributed by atoms with Gasteiger partial charge >= 0.3 is 0 Å². The van der Waals surface area contributed by atoms with Crippen LogP contribution in [0.1, 0.15) is 0 Å². The summed E-state index contributed by atoms with van der Waals surface area (Å²) in [6.45, 7) is 4.62. The van der Waals surface area contributed by atoms with Gasteiger partial charge in [0.05, 0.1) is 11.6 Å². The van der Waals surface area contributed by atoms with E-state index in [1.807, 2.05) is 30.3 Å². The molecule has 1 aliphatic rings. The fourth-order valence-corrected chi connectivity index (χ4v) is 2.98. The van der Waals surface area contributed by atoms with Crippen molar-refractivity contribution >= 4 is 47.5 Å².